The van der Waals surface area contributed by atoms with E-state index in [1.807, 2.05) is 0 Å². The van der Waals surface area contributed by atoms with Gasteiger partial charge in [0.05, 0.1) is 10.7 Å². The summed E-state index contributed by atoms with van der Waals surface area (Å²) in [5.41, 5.74) is 0. The van der Waals surface area contributed by atoms with Gasteiger partial charge in [-0.25, -0.2) is 8.42 Å². The highest BCUT2D eigenvalue weighted by atomic mass is 32.2. The Morgan fingerprint density at radius 3 is 2.56 bits per heavy atom. The summed E-state index contributed by atoms with van der Waals surface area (Å²) < 4.78 is 21.5. The Morgan fingerprint density at radius 2 is 2.22 bits per heavy atom. The van der Waals surface area contributed by atoms with Gasteiger partial charge in [-0.05, 0) is 0 Å². The Morgan fingerprint density at radius 1 is 1.56 bits per heavy atom. The van der Waals surface area contributed by atoms with Crippen LogP contribution in [0.1, 0.15) is 0 Å². The normalized spacial score (nSPS) is 25.1. The molecule has 0 unspecified atom stereocenters. The summed E-state index contributed by atoms with van der Waals surface area (Å²) in [7, 11) is -2.84. The van der Waals surface area contributed by atoms with Gasteiger partial charge in [0.25, 0.3) is 0 Å². The lowest BCUT2D eigenvalue weighted by Crippen LogP contribution is -2.39. The van der Waals surface area contributed by atoms with Crippen LogP contribution >= 0.6 is 12.2 Å². The smallest absolute Gasteiger partial charge is 0.158 e. The first-order valence-corrected chi connectivity index (χ1v) is 4.80. The van der Waals surface area contributed by atoms with E-state index in [4.69, 9.17) is 0 Å². The van der Waals surface area contributed by atoms with Crippen LogP contribution in [0, 0.1) is 0 Å². The van der Waals surface area contributed by atoms with Crippen LogP contribution in [0.3, 0.4) is 0 Å². The molecule has 0 radical (unpaired) electrons. The quantitative estimate of drug-likeness (QED) is 0.484. The summed E-state index contributed by atoms with van der Waals surface area (Å²) in [5, 5.41) is 2.79. The molecule has 1 aliphatic rings. The molecule has 0 aliphatic carbocycles. The summed E-state index contributed by atoms with van der Waals surface area (Å²) in [4.78, 5) is 0.446. The van der Waals surface area contributed by atoms with Crippen LogP contribution in [0.25, 0.3) is 0 Å². The Bertz CT molecular complexity index is 219. The lowest BCUT2D eigenvalue weighted by Gasteiger charge is -2.13. The molecule has 0 aromatic heterocycles. The van der Waals surface area contributed by atoms with Crippen molar-refractivity contribution in [2.75, 3.05) is 18.1 Å². The maximum Gasteiger partial charge on any atom is 0.158 e. The molecule has 0 saturated carbocycles. The fourth-order valence-electron chi connectivity index (χ4n) is 0.669. The molecule has 0 atom stereocenters. The lowest BCUT2D eigenvalue weighted by atomic mass is 10.6. The van der Waals surface area contributed by atoms with Crippen molar-refractivity contribution >= 4 is 27.0 Å². The average Bonchev–Trinajstić information content (AvgIpc) is 1.60. The van der Waals surface area contributed by atoms with E-state index >= 15 is 0 Å². The Balaban J connectivity index is 2.73. The zero-order valence-electron chi connectivity index (χ0n) is 4.75. The topological polar surface area (TPSA) is 46.2 Å². The van der Waals surface area contributed by atoms with Crippen LogP contribution in [0.15, 0.2) is 0 Å². The van der Waals surface area contributed by atoms with Gasteiger partial charge in [-0.1, -0.05) is 12.2 Å². The van der Waals surface area contributed by atoms with Crippen molar-refractivity contribution in [1.29, 1.82) is 0 Å². The minimum absolute atomic E-state index is 0.0301. The molecule has 1 saturated heterocycles. The largest absolute Gasteiger partial charge is 0.378 e. The summed E-state index contributed by atoms with van der Waals surface area (Å²) in [6.07, 6.45) is 0. The van der Waals surface area contributed by atoms with Gasteiger partial charge in [0.15, 0.2) is 9.84 Å². The lowest BCUT2D eigenvalue weighted by molar-refractivity contribution is 0.595. The molecule has 1 fully saturated rings. The summed E-state index contributed by atoms with van der Waals surface area (Å²) >= 11 is 4.66. The van der Waals surface area contributed by atoms with E-state index in [-0.39, 0.29) is 11.5 Å². The SMILES string of the molecule is O=S1(=O)CCNC(=S)C1. The fourth-order valence-corrected chi connectivity index (χ4v) is 2.37. The predicted molar refractivity (Wildman–Crippen MR) is 39.3 cm³/mol. The van der Waals surface area contributed by atoms with E-state index in [1.54, 1.807) is 0 Å². The molecule has 5 heteroatoms. The van der Waals surface area contributed by atoms with Crippen LogP contribution < -0.4 is 5.32 Å². The highest BCUT2D eigenvalue weighted by Gasteiger charge is 2.18. The second-order valence-corrected chi connectivity index (χ2v) is 4.62. The third-order valence-corrected chi connectivity index (χ3v) is 3.11. The van der Waals surface area contributed by atoms with E-state index in [0.29, 0.717) is 11.5 Å². The van der Waals surface area contributed by atoms with Crippen LogP contribution in [0.5, 0.6) is 0 Å². The van der Waals surface area contributed by atoms with Crippen LogP contribution in [-0.2, 0) is 9.84 Å². The number of hydrogen-bond acceptors (Lipinski definition) is 3. The molecule has 1 N–H and O–H groups in total. The molecule has 1 heterocycles. The van der Waals surface area contributed by atoms with Crippen molar-refractivity contribution in [3.63, 3.8) is 0 Å². The molecule has 9 heavy (non-hydrogen) atoms. The van der Waals surface area contributed by atoms with Crippen molar-refractivity contribution in [3.05, 3.63) is 0 Å². The fraction of sp³-hybridized carbons (Fsp3) is 0.750. The molecule has 0 amide bonds. The summed E-state index contributed by atoms with van der Waals surface area (Å²) in [5.74, 6) is 0.246. The van der Waals surface area contributed by atoms with Crippen molar-refractivity contribution in [1.82, 2.24) is 5.32 Å². The van der Waals surface area contributed by atoms with E-state index in [1.165, 1.54) is 0 Å². The average molecular weight is 165 g/mol. The first kappa shape index (κ1) is 6.95. The van der Waals surface area contributed by atoms with Crippen LogP contribution in [0.4, 0.5) is 0 Å². The van der Waals surface area contributed by atoms with Crippen LogP contribution in [0.2, 0.25) is 0 Å². The number of hydrogen-bond donors (Lipinski definition) is 1. The molecule has 52 valence electrons. The monoisotopic (exact) mass is 165 g/mol. The Labute approximate surface area is 59.4 Å². The van der Waals surface area contributed by atoms with Gasteiger partial charge in [0, 0.05) is 6.54 Å². The maximum atomic E-state index is 10.7. The van der Waals surface area contributed by atoms with Gasteiger partial charge in [0.1, 0.15) is 5.75 Å². The van der Waals surface area contributed by atoms with Crippen molar-refractivity contribution < 1.29 is 8.42 Å². The second-order valence-electron chi connectivity index (χ2n) is 1.94. The summed E-state index contributed by atoms with van der Waals surface area (Å²) in [6.45, 7) is 0.473. The van der Waals surface area contributed by atoms with Gasteiger partial charge < -0.3 is 5.32 Å². The zero-order chi connectivity index (χ0) is 6.91. The molecule has 3 nitrogen and oxygen atoms in total. The minimum atomic E-state index is -2.84. The van der Waals surface area contributed by atoms with E-state index in [0.717, 1.165) is 0 Å². The van der Waals surface area contributed by atoms with Crippen molar-refractivity contribution in [2.45, 2.75) is 0 Å². The van der Waals surface area contributed by atoms with Crippen LogP contribution in [-0.4, -0.2) is 31.5 Å². The number of thiocarbonyl (C=S) groups is 1. The molecular weight excluding hydrogens is 158 g/mol. The Hall–Kier alpha value is -0.160. The Kier molecular flexibility index (Phi) is 1.72. The van der Waals surface area contributed by atoms with Gasteiger partial charge in [0.2, 0.25) is 0 Å². The van der Waals surface area contributed by atoms with Gasteiger partial charge in [-0.3, -0.25) is 0 Å². The minimum Gasteiger partial charge on any atom is -0.378 e. The molecular formula is C4H7NO2S2. The first-order valence-electron chi connectivity index (χ1n) is 2.57. The van der Waals surface area contributed by atoms with E-state index in [2.05, 4.69) is 17.5 Å². The highest BCUT2D eigenvalue weighted by Crippen LogP contribution is 1.95. The zero-order valence-corrected chi connectivity index (χ0v) is 6.39. The van der Waals surface area contributed by atoms with Gasteiger partial charge in [-0.15, -0.1) is 0 Å². The molecule has 0 aromatic carbocycles. The van der Waals surface area contributed by atoms with Gasteiger partial charge in [-0.2, -0.15) is 0 Å². The van der Waals surface area contributed by atoms with Gasteiger partial charge >= 0.3 is 0 Å². The third-order valence-electron chi connectivity index (χ3n) is 1.09. The predicted octanol–water partition coefficient (Wildman–Crippen LogP) is -0.668. The van der Waals surface area contributed by atoms with E-state index in [9.17, 15) is 8.42 Å². The molecule has 0 aromatic rings. The first-order chi connectivity index (χ1) is 4.10. The molecule has 1 aliphatic heterocycles. The van der Waals surface area contributed by atoms with Crippen molar-refractivity contribution in [3.8, 4) is 0 Å². The maximum absolute atomic E-state index is 10.7. The number of nitrogens with one attached hydrogen (secondary N) is 1. The summed E-state index contributed by atoms with van der Waals surface area (Å²) in [6, 6.07) is 0. The third kappa shape index (κ3) is 1.91. The van der Waals surface area contributed by atoms with Crippen molar-refractivity contribution in [2.24, 2.45) is 0 Å². The number of sulfone groups is 1. The standard InChI is InChI=1S/C4H7NO2S2/c6-9(7)2-1-5-4(8)3-9/h1-3H2,(H,5,8). The molecule has 0 bridgehead atoms. The second kappa shape index (κ2) is 2.22. The van der Waals surface area contributed by atoms with E-state index < -0.39 is 9.84 Å². The molecule has 0 spiro atoms. The molecule has 1 rings (SSSR count). The number of rotatable bonds is 0. The highest BCUT2D eigenvalue weighted by molar-refractivity contribution is 7.94.